The quantitative estimate of drug-likeness (QED) is 0.670. The summed E-state index contributed by atoms with van der Waals surface area (Å²) in [5, 5.41) is 0. The Morgan fingerprint density at radius 3 is 2.90 bits per heavy atom. The molecule has 0 radical (unpaired) electrons. The highest BCUT2D eigenvalue weighted by atomic mass is 19.1. The minimum Gasteiger partial charge on any atom is -0.488 e. The zero-order valence-corrected chi connectivity index (χ0v) is 12.0. The second-order valence-electron chi connectivity index (χ2n) is 5.52. The summed E-state index contributed by atoms with van der Waals surface area (Å²) in [6, 6.07) is 12.8. The number of nitrogens with two attached hydrogens (primary N) is 1. The molecule has 3 N–H and O–H groups in total. The molecule has 1 aliphatic heterocycles. The monoisotopic (exact) mass is 286 g/mol. The molecular weight excluding hydrogens is 267 g/mol. The highest BCUT2D eigenvalue weighted by Crippen LogP contribution is 2.30. The largest absolute Gasteiger partial charge is 0.488 e. The Balaban J connectivity index is 1.76. The van der Waals surface area contributed by atoms with Crippen molar-refractivity contribution in [3.8, 4) is 5.75 Å². The molecule has 3 nitrogen and oxygen atoms in total. The van der Waals surface area contributed by atoms with Crippen molar-refractivity contribution in [2.75, 3.05) is 0 Å². The number of benzene rings is 2. The molecule has 0 saturated carbocycles. The van der Waals surface area contributed by atoms with Gasteiger partial charge < -0.3 is 4.74 Å². The predicted molar refractivity (Wildman–Crippen MR) is 80.5 cm³/mol. The maximum absolute atomic E-state index is 13.4. The molecule has 2 unspecified atom stereocenters. The van der Waals surface area contributed by atoms with Crippen molar-refractivity contribution in [2.24, 2.45) is 5.84 Å². The van der Waals surface area contributed by atoms with E-state index in [0.29, 0.717) is 6.42 Å². The van der Waals surface area contributed by atoms with E-state index >= 15 is 0 Å². The summed E-state index contributed by atoms with van der Waals surface area (Å²) < 4.78 is 19.4. The van der Waals surface area contributed by atoms with Crippen LogP contribution in [0.1, 0.15) is 16.7 Å². The van der Waals surface area contributed by atoms with Crippen molar-refractivity contribution in [3.63, 3.8) is 0 Å². The van der Waals surface area contributed by atoms with E-state index < -0.39 is 0 Å². The van der Waals surface area contributed by atoms with Gasteiger partial charge in [0.25, 0.3) is 0 Å². The first-order chi connectivity index (χ1) is 10.2. The van der Waals surface area contributed by atoms with Crippen LogP contribution in [0.3, 0.4) is 0 Å². The number of hydrazine groups is 1. The van der Waals surface area contributed by atoms with Gasteiger partial charge in [-0.05, 0) is 48.2 Å². The number of aryl methyl sites for hydroxylation is 1. The second-order valence-corrected chi connectivity index (χ2v) is 5.52. The lowest BCUT2D eigenvalue weighted by Crippen LogP contribution is -2.47. The van der Waals surface area contributed by atoms with Gasteiger partial charge in [0.1, 0.15) is 17.7 Å². The number of rotatable bonds is 4. The van der Waals surface area contributed by atoms with Crippen molar-refractivity contribution in [1.29, 1.82) is 0 Å². The molecule has 0 saturated heterocycles. The Bertz CT molecular complexity index is 619. The Hall–Kier alpha value is -1.91. The van der Waals surface area contributed by atoms with Gasteiger partial charge in [0.2, 0.25) is 0 Å². The van der Waals surface area contributed by atoms with E-state index in [9.17, 15) is 4.39 Å². The van der Waals surface area contributed by atoms with Gasteiger partial charge in [-0.2, -0.15) is 0 Å². The summed E-state index contributed by atoms with van der Waals surface area (Å²) >= 11 is 0. The molecule has 0 amide bonds. The highest BCUT2D eigenvalue weighted by Gasteiger charge is 2.30. The number of hydrogen-bond acceptors (Lipinski definition) is 3. The van der Waals surface area contributed by atoms with Gasteiger partial charge in [0, 0.05) is 6.42 Å². The molecule has 0 aliphatic carbocycles. The summed E-state index contributed by atoms with van der Waals surface area (Å²) in [4.78, 5) is 0. The van der Waals surface area contributed by atoms with Crippen molar-refractivity contribution in [2.45, 2.75) is 31.9 Å². The fourth-order valence-electron chi connectivity index (χ4n) is 2.83. The third-order valence-corrected chi connectivity index (χ3v) is 4.09. The van der Waals surface area contributed by atoms with Gasteiger partial charge in [-0.15, -0.1) is 0 Å². The first-order valence-corrected chi connectivity index (χ1v) is 7.13. The number of fused-ring (bicyclic) bond motifs is 1. The number of halogens is 1. The normalized spacial score (nSPS) is 18.1. The van der Waals surface area contributed by atoms with Crippen molar-refractivity contribution in [1.82, 2.24) is 5.43 Å². The number of nitrogens with one attached hydrogen (secondary N) is 1. The molecule has 2 atom stereocenters. The molecule has 0 fully saturated rings. The maximum atomic E-state index is 13.4. The Morgan fingerprint density at radius 1 is 1.33 bits per heavy atom. The molecular formula is C17H19FN2O. The average molecular weight is 286 g/mol. The van der Waals surface area contributed by atoms with E-state index in [2.05, 4.69) is 11.5 Å². The van der Waals surface area contributed by atoms with Crippen molar-refractivity contribution >= 4 is 0 Å². The molecule has 0 spiro atoms. The minimum absolute atomic E-state index is 0.0323. The van der Waals surface area contributed by atoms with Crippen LogP contribution in [-0.2, 0) is 12.8 Å². The molecule has 1 aliphatic rings. The molecule has 0 bridgehead atoms. The Labute approximate surface area is 123 Å². The summed E-state index contributed by atoms with van der Waals surface area (Å²) in [6.45, 7) is 1.98. The number of ether oxygens (including phenoxy) is 1. The maximum Gasteiger partial charge on any atom is 0.123 e. The predicted octanol–water partition coefficient (Wildman–Crippen LogP) is 2.51. The Morgan fingerprint density at radius 2 is 2.14 bits per heavy atom. The van der Waals surface area contributed by atoms with Gasteiger partial charge in [-0.25, -0.2) is 4.39 Å². The van der Waals surface area contributed by atoms with E-state index in [1.54, 1.807) is 12.1 Å². The molecule has 1 heterocycles. The van der Waals surface area contributed by atoms with Crippen molar-refractivity contribution < 1.29 is 9.13 Å². The molecule has 2 aromatic carbocycles. The van der Waals surface area contributed by atoms with E-state index in [0.717, 1.165) is 23.3 Å². The lowest BCUT2D eigenvalue weighted by atomic mass is 9.96. The van der Waals surface area contributed by atoms with E-state index in [1.165, 1.54) is 11.6 Å². The summed E-state index contributed by atoms with van der Waals surface area (Å²) in [6.07, 6.45) is 1.42. The zero-order chi connectivity index (χ0) is 14.8. The number of hydrogen-bond donors (Lipinski definition) is 2. The smallest absolute Gasteiger partial charge is 0.123 e. The third kappa shape index (κ3) is 2.91. The van der Waals surface area contributed by atoms with Gasteiger partial charge in [-0.3, -0.25) is 11.3 Å². The standard InChI is InChI=1S/C17H19FN2O/c1-11-6-7-14(18)8-13(11)9-15(20-19)17-10-12-4-2-3-5-16(12)21-17/h2-8,15,17,20H,9-10,19H2,1H3. The van der Waals surface area contributed by atoms with Crippen LogP contribution in [0.25, 0.3) is 0 Å². The number of para-hydroxylation sites is 1. The minimum atomic E-state index is -0.220. The highest BCUT2D eigenvalue weighted by molar-refractivity contribution is 5.38. The molecule has 0 aromatic heterocycles. The van der Waals surface area contributed by atoms with Gasteiger partial charge in [0.15, 0.2) is 0 Å². The van der Waals surface area contributed by atoms with Crippen LogP contribution in [-0.4, -0.2) is 12.1 Å². The SMILES string of the molecule is Cc1ccc(F)cc1CC(NN)C1Cc2ccccc2O1. The van der Waals surface area contributed by atoms with Gasteiger partial charge >= 0.3 is 0 Å². The first-order valence-electron chi connectivity index (χ1n) is 7.13. The fraction of sp³-hybridized carbons (Fsp3) is 0.294. The van der Waals surface area contributed by atoms with Crippen LogP contribution >= 0.6 is 0 Å². The summed E-state index contributed by atoms with van der Waals surface area (Å²) in [5.41, 5.74) is 6.04. The lowest BCUT2D eigenvalue weighted by Gasteiger charge is -2.23. The lowest BCUT2D eigenvalue weighted by molar-refractivity contribution is 0.177. The molecule has 2 aromatic rings. The Kier molecular flexibility index (Phi) is 3.90. The van der Waals surface area contributed by atoms with Crippen LogP contribution in [0, 0.1) is 12.7 Å². The first kappa shape index (κ1) is 14.0. The fourth-order valence-corrected chi connectivity index (χ4v) is 2.83. The molecule has 4 heteroatoms. The topological polar surface area (TPSA) is 47.3 Å². The average Bonchev–Trinajstić information content (AvgIpc) is 2.91. The van der Waals surface area contributed by atoms with E-state index in [4.69, 9.17) is 10.6 Å². The summed E-state index contributed by atoms with van der Waals surface area (Å²) in [5.74, 6) is 6.39. The van der Waals surface area contributed by atoms with E-state index in [1.807, 2.05) is 25.1 Å². The van der Waals surface area contributed by atoms with Crippen molar-refractivity contribution in [3.05, 3.63) is 65.0 Å². The molecule has 110 valence electrons. The van der Waals surface area contributed by atoms with Crippen LogP contribution in [0.15, 0.2) is 42.5 Å². The van der Waals surface area contributed by atoms with Gasteiger partial charge in [-0.1, -0.05) is 24.3 Å². The summed E-state index contributed by atoms with van der Waals surface area (Å²) in [7, 11) is 0. The van der Waals surface area contributed by atoms with Gasteiger partial charge in [0.05, 0.1) is 6.04 Å². The van der Waals surface area contributed by atoms with Crippen LogP contribution in [0.5, 0.6) is 5.75 Å². The van der Waals surface area contributed by atoms with Crippen LogP contribution in [0.4, 0.5) is 4.39 Å². The van der Waals surface area contributed by atoms with E-state index in [-0.39, 0.29) is 18.0 Å². The van der Waals surface area contributed by atoms with Crippen LogP contribution in [0.2, 0.25) is 0 Å². The second kappa shape index (κ2) is 5.84. The third-order valence-electron chi connectivity index (χ3n) is 4.09. The van der Waals surface area contributed by atoms with Crippen LogP contribution < -0.4 is 16.0 Å². The molecule has 21 heavy (non-hydrogen) atoms. The molecule has 3 rings (SSSR count). The zero-order valence-electron chi connectivity index (χ0n) is 12.0.